The van der Waals surface area contributed by atoms with Gasteiger partial charge in [0, 0.05) is 38.6 Å². The van der Waals surface area contributed by atoms with E-state index in [2.05, 4.69) is 15.5 Å². The van der Waals surface area contributed by atoms with E-state index in [1.807, 2.05) is 43.3 Å². The van der Waals surface area contributed by atoms with E-state index in [9.17, 15) is 8.42 Å². The number of aromatic nitrogens is 2. The Balaban J connectivity index is 1.97. The Kier molecular flexibility index (Phi) is 5.17. The molecule has 2 rings (SSSR count). The van der Waals surface area contributed by atoms with Crippen molar-refractivity contribution in [2.24, 2.45) is 5.73 Å². The molecule has 0 aliphatic rings. The largest absolute Gasteiger partial charge is 0.378 e. The van der Waals surface area contributed by atoms with Gasteiger partial charge in [0.1, 0.15) is 5.82 Å². The summed E-state index contributed by atoms with van der Waals surface area (Å²) in [4.78, 5) is 2.02. The lowest BCUT2D eigenvalue weighted by Crippen LogP contribution is -2.21. The fourth-order valence-electron chi connectivity index (χ4n) is 1.96. The average Bonchev–Trinajstić information content (AvgIpc) is 2.52. The smallest absolute Gasteiger partial charge is 0.194 e. The van der Waals surface area contributed by atoms with Crippen molar-refractivity contribution in [1.82, 2.24) is 10.2 Å². The third kappa shape index (κ3) is 4.64. The van der Waals surface area contributed by atoms with Crippen molar-refractivity contribution in [2.45, 2.75) is 11.1 Å². The molecule has 1 aromatic carbocycles. The molecule has 3 N–H and O–H groups in total. The topological polar surface area (TPSA) is 101 Å². The summed E-state index contributed by atoms with van der Waals surface area (Å²) < 4.78 is 22.6. The Morgan fingerprint density at radius 2 is 1.78 bits per heavy atom. The van der Waals surface area contributed by atoms with Gasteiger partial charge in [-0.05, 0) is 29.8 Å². The highest BCUT2D eigenvalue weighted by Crippen LogP contribution is 2.17. The molecule has 0 saturated heterocycles. The minimum Gasteiger partial charge on any atom is -0.378 e. The summed E-state index contributed by atoms with van der Waals surface area (Å²) in [5.74, 6) is 0.484. The lowest BCUT2D eigenvalue weighted by Gasteiger charge is -2.16. The highest BCUT2D eigenvalue weighted by Gasteiger charge is 2.10. The molecule has 1 aromatic heterocycles. The van der Waals surface area contributed by atoms with Crippen molar-refractivity contribution in [3.63, 3.8) is 0 Å². The minimum atomic E-state index is -3.34. The molecule has 0 radical (unpaired) electrons. The zero-order valence-corrected chi connectivity index (χ0v) is 14.2. The van der Waals surface area contributed by atoms with Crippen molar-refractivity contribution in [3.8, 4) is 0 Å². The predicted octanol–water partition coefficient (Wildman–Crippen LogP) is 1.06. The number of benzene rings is 1. The molecule has 0 spiro atoms. The van der Waals surface area contributed by atoms with Crippen LogP contribution in [0.4, 0.5) is 11.5 Å². The van der Waals surface area contributed by atoms with E-state index in [0.717, 1.165) is 17.5 Å². The fourth-order valence-corrected chi connectivity index (χ4v) is 2.47. The van der Waals surface area contributed by atoms with E-state index in [4.69, 9.17) is 5.73 Å². The molecule has 0 aliphatic heterocycles. The van der Waals surface area contributed by atoms with Crippen molar-refractivity contribution < 1.29 is 8.42 Å². The summed E-state index contributed by atoms with van der Waals surface area (Å²) in [7, 11) is 0.628. The van der Waals surface area contributed by atoms with Crippen LogP contribution in [0, 0.1) is 0 Å². The molecule has 0 aliphatic carbocycles. The molecule has 0 saturated carbocycles. The molecule has 2 aromatic rings. The van der Waals surface area contributed by atoms with Crippen molar-refractivity contribution >= 4 is 21.3 Å². The lowest BCUT2D eigenvalue weighted by molar-refractivity contribution is 0.596. The van der Waals surface area contributed by atoms with E-state index in [1.165, 1.54) is 6.07 Å². The van der Waals surface area contributed by atoms with Gasteiger partial charge in [0.2, 0.25) is 0 Å². The van der Waals surface area contributed by atoms with Crippen LogP contribution in [0.2, 0.25) is 0 Å². The van der Waals surface area contributed by atoms with E-state index in [0.29, 0.717) is 12.4 Å². The van der Waals surface area contributed by atoms with Crippen LogP contribution >= 0.6 is 0 Å². The number of sulfone groups is 1. The molecule has 1 atom stereocenters. The van der Waals surface area contributed by atoms with Crippen LogP contribution in [0.1, 0.15) is 11.6 Å². The maximum atomic E-state index is 11.3. The van der Waals surface area contributed by atoms with E-state index >= 15 is 0 Å². The summed E-state index contributed by atoms with van der Waals surface area (Å²) in [6.07, 6.45) is 1.09. The van der Waals surface area contributed by atoms with Crippen LogP contribution in [0.5, 0.6) is 0 Å². The van der Waals surface area contributed by atoms with Gasteiger partial charge >= 0.3 is 0 Å². The van der Waals surface area contributed by atoms with Gasteiger partial charge in [0.15, 0.2) is 14.9 Å². The maximum Gasteiger partial charge on any atom is 0.194 e. The second-order valence-electron chi connectivity index (χ2n) is 5.50. The van der Waals surface area contributed by atoms with E-state index in [-0.39, 0.29) is 11.1 Å². The molecule has 8 heteroatoms. The Bertz CT molecular complexity index is 742. The second kappa shape index (κ2) is 6.93. The van der Waals surface area contributed by atoms with Gasteiger partial charge in [0.05, 0.1) is 0 Å². The lowest BCUT2D eigenvalue weighted by atomic mass is 10.1. The van der Waals surface area contributed by atoms with Crippen LogP contribution in [0.3, 0.4) is 0 Å². The summed E-state index contributed by atoms with van der Waals surface area (Å²) in [6.45, 7) is 0.466. The number of anilines is 2. The van der Waals surface area contributed by atoms with Gasteiger partial charge in [-0.3, -0.25) is 0 Å². The van der Waals surface area contributed by atoms with Gasteiger partial charge in [-0.25, -0.2) is 8.42 Å². The van der Waals surface area contributed by atoms with Crippen molar-refractivity contribution in [2.75, 3.05) is 37.1 Å². The monoisotopic (exact) mass is 335 g/mol. The summed E-state index contributed by atoms with van der Waals surface area (Å²) in [6, 6.07) is 10.8. The Morgan fingerprint density at radius 1 is 1.13 bits per heavy atom. The zero-order chi connectivity index (χ0) is 17.0. The molecule has 0 fully saturated rings. The molecule has 0 bridgehead atoms. The first-order valence-electron chi connectivity index (χ1n) is 7.08. The van der Waals surface area contributed by atoms with Gasteiger partial charge in [-0.1, -0.05) is 12.1 Å². The maximum absolute atomic E-state index is 11.3. The third-order valence-electron chi connectivity index (χ3n) is 3.36. The standard InChI is InChI=1S/C15H21N5O2S/c1-20(2)12-6-4-11(5-7-12)13(16)10-17-14-8-9-15(19-18-14)23(3,21)22/h4-9,13H,10,16H2,1-3H3,(H,17,18). The zero-order valence-electron chi connectivity index (χ0n) is 13.4. The van der Waals surface area contributed by atoms with E-state index < -0.39 is 9.84 Å². The van der Waals surface area contributed by atoms with Crippen molar-refractivity contribution in [3.05, 3.63) is 42.0 Å². The van der Waals surface area contributed by atoms with Crippen LogP contribution in [-0.2, 0) is 9.84 Å². The molecule has 1 unspecified atom stereocenters. The second-order valence-corrected chi connectivity index (χ2v) is 7.46. The predicted molar refractivity (Wildman–Crippen MR) is 91.3 cm³/mol. The Hall–Kier alpha value is -2.19. The molecule has 124 valence electrons. The summed E-state index contributed by atoms with van der Waals surface area (Å²) in [5, 5.41) is 10.5. The van der Waals surface area contributed by atoms with E-state index in [1.54, 1.807) is 6.07 Å². The van der Waals surface area contributed by atoms with Crippen LogP contribution in [-0.4, -0.2) is 45.5 Å². The first-order valence-corrected chi connectivity index (χ1v) is 8.97. The van der Waals surface area contributed by atoms with Gasteiger partial charge < -0.3 is 16.0 Å². The number of nitrogens with zero attached hydrogens (tertiary/aromatic N) is 3. The molecular weight excluding hydrogens is 314 g/mol. The van der Waals surface area contributed by atoms with Crippen LogP contribution < -0.4 is 16.0 Å². The Labute approximate surface area is 136 Å². The average molecular weight is 335 g/mol. The highest BCUT2D eigenvalue weighted by atomic mass is 32.2. The highest BCUT2D eigenvalue weighted by molar-refractivity contribution is 7.90. The first-order chi connectivity index (χ1) is 10.8. The Morgan fingerprint density at radius 3 is 2.26 bits per heavy atom. The van der Waals surface area contributed by atoms with Crippen molar-refractivity contribution in [1.29, 1.82) is 0 Å². The SMILES string of the molecule is CN(C)c1ccc(C(N)CNc2ccc(S(C)(=O)=O)nn2)cc1. The number of nitrogens with two attached hydrogens (primary N) is 1. The normalized spacial score (nSPS) is 12.7. The number of nitrogens with one attached hydrogen (secondary N) is 1. The van der Waals surface area contributed by atoms with Gasteiger partial charge in [-0.15, -0.1) is 10.2 Å². The van der Waals surface area contributed by atoms with Crippen LogP contribution in [0.25, 0.3) is 0 Å². The molecule has 7 nitrogen and oxygen atoms in total. The number of rotatable bonds is 6. The van der Waals surface area contributed by atoms with Crippen LogP contribution in [0.15, 0.2) is 41.4 Å². The number of hydrogen-bond acceptors (Lipinski definition) is 7. The third-order valence-corrected chi connectivity index (χ3v) is 4.34. The molecular formula is C15H21N5O2S. The quantitative estimate of drug-likeness (QED) is 0.814. The van der Waals surface area contributed by atoms with Gasteiger partial charge in [-0.2, -0.15) is 0 Å². The molecule has 23 heavy (non-hydrogen) atoms. The first kappa shape index (κ1) is 17.2. The summed E-state index contributed by atoms with van der Waals surface area (Å²) in [5.41, 5.74) is 8.26. The minimum absolute atomic E-state index is 0.0494. The summed E-state index contributed by atoms with van der Waals surface area (Å²) >= 11 is 0. The number of hydrogen-bond donors (Lipinski definition) is 2. The molecule has 1 heterocycles. The fraction of sp³-hybridized carbons (Fsp3) is 0.333. The van der Waals surface area contributed by atoms with Gasteiger partial charge in [0.25, 0.3) is 0 Å². The molecule has 0 amide bonds.